The van der Waals surface area contributed by atoms with Gasteiger partial charge in [-0.15, -0.1) is 0 Å². The average Bonchev–Trinajstić information content (AvgIpc) is 1.84. The Morgan fingerprint density at radius 1 is 1.78 bits per heavy atom. The van der Waals surface area contributed by atoms with Crippen molar-refractivity contribution in [3.8, 4) is 0 Å². The summed E-state index contributed by atoms with van der Waals surface area (Å²) in [5, 5.41) is 8.44. The summed E-state index contributed by atoms with van der Waals surface area (Å²) in [5.41, 5.74) is 0. The zero-order chi connectivity index (χ0) is 7.44. The second-order valence-corrected chi connectivity index (χ2v) is 2.09. The van der Waals surface area contributed by atoms with Crippen LogP contribution < -0.4 is 0 Å². The summed E-state index contributed by atoms with van der Waals surface area (Å²) < 4.78 is 0. The largest absolute Gasteiger partial charge is 0.480 e. The van der Waals surface area contributed by atoms with Gasteiger partial charge in [0.15, 0.2) is 0 Å². The molecule has 0 aromatic carbocycles. The molecule has 0 radical (unpaired) electrons. The predicted molar refractivity (Wildman–Crippen MR) is 35.4 cm³/mol. The molecule has 0 fully saturated rings. The molecular weight excluding hydrogens is 118 g/mol. The van der Waals surface area contributed by atoms with E-state index in [0.717, 1.165) is 6.54 Å². The molecule has 54 valence electrons. The average molecular weight is 131 g/mol. The molecular formula is C6H13NO2. The monoisotopic (exact) mass is 131 g/mol. The fraction of sp³-hybridized carbons (Fsp3) is 0.833. The van der Waals surface area contributed by atoms with Crippen LogP contribution >= 0.6 is 0 Å². The lowest BCUT2D eigenvalue weighted by Crippen LogP contribution is -2.35. The van der Waals surface area contributed by atoms with E-state index in [-0.39, 0.29) is 6.04 Å². The van der Waals surface area contributed by atoms with Crippen LogP contribution in [-0.2, 0) is 4.79 Å². The Bertz CT molecular complexity index is 103. The number of hydrogen-bond donors (Lipinski definition) is 1. The van der Waals surface area contributed by atoms with Gasteiger partial charge in [0.05, 0.1) is 0 Å². The number of carboxylic acids is 1. The zero-order valence-electron chi connectivity index (χ0n) is 6.09. The number of nitrogens with zero attached hydrogens (tertiary/aromatic N) is 1. The van der Waals surface area contributed by atoms with Gasteiger partial charge in [-0.25, -0.2) is 0 Å². The van der Waals surface area contributed by atoms with Crippen LogP contribution in [0.2, 0.25) is 0 Å². The first-order chi connectivity index (χ1) is 4.09. The fourth-order valence-electron chi connectivity index (χ4n) is 0.462. The van der Waals surface area contributed by atoms with E-state index < -0.39 is 5.97 Å². The minimum atomic E-state index is -0.764. The Balaban J connectivity index is 3.72. The van der Waals surface area contributed by atoms with Crippen molar-refractivity contribution in [1.82, 2.24) is 4.90 Å². The van der Waals surface area contributed by atoms with Crippen molar-refractivity contribution >= 4 is 5.97 Å². The van der Waals surface area contributed by atoms with Crippen LogP contribution in [0.4, 0.5) is 0 Å². The normalized spacial score (nSPS) is 13.8. The molecule has 0 aliphatic carbocycles. The summed E-state index contributed by atoms with van der Waals surface area (Å²) in [6.45, 7) is 4.37. The third-order valence-corrected chi connectivity index (χ3v) is 1.52. The highest BCUT2D eigenvalue weighted by Crippen LogP contribution is 1.92. The molecule has 0 aromatic heterocycles. The number of aliphatic carboxylic acids is 1. The van der Waals surface area contributed by atoms with Crippen molar-refractivity contribution in [2.75, 3.05) is 13.6 Å². The van der Waals surface area contributed by atoms with E-state index in [2.05, 4.69) is 0 Å². The summed E-state index contributed by atoms with van der Waals surface area (Å²) in [4.78, 5) is 12.0. The minimum absolute atomic E-state index is 0.366. The Hall–Kier alpha value is -0.570. The minimum Gasteiger partial charge on any atom is -0.480 e. The van der Waals surface area contributed by atoms with Crippen molar-refractivity contribution < 1.29 is 9.90 Å². The predicted octanol–water partition coefficient (Wildman–Crippen LogP) is 0.411. The lowest BCUT2D eigenvalue weighted by Gasteiger charge is -2.17. The highest BCUT2D eigenvalue weighted by Gasteiger charge is 2.13. The van der Waals surface area contributed by atoms with Crippen LogP contribution in [0, 0.1) is 0 Å². The van der Waals surface area contributed by atoms with Gasteiger partial charge in [0, 0.05) is 0 Å². The second kappa shape index (κ2) is 3.45. The van der Waals surface area contributed by atoms with Crippen molar-refractivity contribution in [3.63, 3.8) is 0 Å². The van der Waals surface area contributed by atoms with Gasteiger partial charge in [0.2, 0.25) is 0 Å². The number of likely N-dealkylation sites (N-methyl/N-ethyl adjacent to an activating group) is 1. The Morgan fingerprint density at radius 3 is 2.33 bits per heavy atom. The van der Waals surface area contributed by atoms with Crippen LogP contribution in [0.5, 0.6) is 0 Å². The molecule has 0 aliphatic heterocycles. The lowest BCUT2D eigenvalue weighted by molar-refractivity contribution is -0.142. The van der Waals surface area contributed by atoms with E-state index in [0.29, 0.717) is 0 Å². The van der Waals surface area contributed by atoms with Crippen molar-refractivity contribution in [3.05, 3.63) is 0 Å². The zero-order valence-corrected chi connectivity index (χ0v) is 6.09. The number of rotatable bonds is 3. The van der Waals surface area contributed by atoms with Gasteiger partial charge >= 0.3 is 5.97 Å². The summed E-state index contributed by atoms with van der Waals surface area (Å²) in [7, 11) is 1.79. The van der Waals surface area contributed by atoms with Crippen molar-refractivity contribution in [1.29, 1.82) is 0 Å². The Morgan fingerprint density at radius 2 is 2.22 bits per heavy atom. The second-order valence-electron chi connectivity index (χ2n) is 2.09. The summed E-state index contributed by atoms with van der Waals surface area (Å²) in [5.74, 6) is -0.764. The van der Waals surface area contributed by atoms with E-state index in [1.165, 1.54) is 0 Å². The fourth-order valence-corrected chi connectivity index (χ4v) is 0.462. The lowest BCUT2D eigenvalue weighted by atomic mass is 10.3. The molecule has 0 aromatic rings. The van der Waals surface area contributed by atoms with E-state index in [1.807, 2.05) is 6.92 Å². The molecule has 1 atom stereocenters. The SMILES string of the molecule is CCN(C)C(C)C(=O)O. The van der Waals surface area contributed by atoms with Crippen LogP contribution in [0.15, 0.2) is 0 Å². The summed E-state index contributed by atoms with van der Waals surface area (Å²) in [6.07, 6.45) is 0. The van der Waals surface area contributed by atoms with Crippen molar-refractivity contribution in [2.45, 2.75) is 19.9 Å². The summed E-state index contributed by atoms with van der Waals surface area (Å²) in [6, 6.07) is -0.366. The maximum atomic E-state index is 10.3. The van der Waals surface area contributed by atoms with E-state index in [4.69, 9.17) is 5.11 Å². The molecule has 0 saturated carbocycles. The molecule has 0 amide bonds. The molecule has 0 saturated heterocycles. The van der Waals surface area contributed by atoms with Crippen LogP contribution in [0.1, 0.15) is 13.8 Å². The Kier molecular flexibility index (Phi) is 3.24. The standard InChI is InChI=1S/C6H13NO2/c1-4-7(3)5(2)6(8)9/h5H,4H2,1-3H3,(H,8,9). The van der Waals surface area contributed by atoms with Gasteiger partial charge in [-0.2, -0.15) is 0 Å². The highest BCUT2D eigenvalue weighted by molar-refractivity contribution is 5.72. The smallest absolute Gasteiger partial charge is 0.320 e. The molecule has 3 heteroatoms. The van der Waals surface area contributed by atoms with Crippen molar-refractivity contribution in [2.24, 2.45) is 0 Å². The maximum absolute atomic E-state index is 10.3. The maximum Gasteiger partial charge on any atom is 0.320 e. The third kappa shape index (κ3) is 2.46. The molecule has 0 rings (SSSR count). The van der Waals surface area contributed by atoms with Gasteiger partial charge < -0.3 is 5.11 Å². The molecule has 0 heterocycles. The van der Waals surface area contributed by atoms with Crippen LogP contribution in [-0.4, -0.2) is 35.6 Å². The molecule has 0 bridgehead atoms. The highest BCUT2D eigenvalue weighted by atomic mass is 16.4. The first-order valence-corrected chi connectivity index (χ1v) is 3.02. The summed E-state index contributed by atoms with van der Waals surface area (Å²) >= 11 is 0. The van der Waals surface area contributed by atoms with Crippen LogP contribution in [0.3, 0.4) is 0 Å². The Labute approximate surface area is 55.3 Å². The quantitative estimate of drug-likeness (QED) is 0.603. The van der Waals surface area contributed by atoms with Gasteiger partial charge in [-0.3, -0.25) is 9.69 Å². The number of carboxylic acid groups (broad SMARTS) is 1. The third-order valence-electron chi connectivity index (χ3n) is 1.52. The van der Waals surface area contributed by atoms with Gasteiger partial charge in [-0.1, -0.05) is 6.92 Å². The van der Waals surface area contributed by atoms with Gasteiger partial charge in [-0.05, 0) is 20.5 Å². The first kappa shape index (κ1) is 8.43. The van der Waals surface area contributed by atoms with Crippen LogP contribution in [0.25, 0.3) is 0 Å². The van der Waals surface area contributed by atoms with E-state index in [1.54, 1.807) is 18.9 Å². The molecule has 3 nitrogen and oxygen atoms in total. The molecule has 1 unspecified atom stereocenters. The molecule has 1 N–H and O–H groups in total. The topological polar surface area (TPSA) is 40.5 Å². The molecule has 0 aliphatic rings. The first-order valence-electron chi connectivity index (χ1n) is 3.02. The van der Waals surface area contributed by atoms with E-state index in [9.17, 15) is 4.79 Å². The van der Waals surface area contributed by atoms with E-state index >= 15 is 0 Å². The number of carbonyl (C=O) groups is 1. The molecule has 0 spiro atoms. The number of hydrogen-bond acceptors (Lipinski definition) is 2. The van der Waals surface area contributed by atoms with Gasteiger partial charge in [0.1, 0.15) is 6.04 Å². The molecule has 9 heavy (non-hydrogen) atoms. The van der Waals surface area contributed by atoms with Gasteiger partial charge in [0.25, 0.3) is 0 Å².